The Balaban J connectivity index is 1.83. The first-order chi connectivity index (χ1) is 15.6. The molecular formula is C22H19BrF3N3O4. The molecule has 2 heterocycles. The average molecular weight is 526 g/mol. The number of carbonyl (C=O) groups is 2. The molecule has 2 aromatic carbocycles. The quantitative estimate of drug-likeness (QED) is 0.603. The van der Waals surface area contributed by atoms with Crippen LogP contribution in [-0.2, 0) is 24.6 Å². The highest BCUT2D eigenvalue weighted by molar-refractivity contribution is 9.10. The normalized spacial score (nSPS) is 24.0. The van der Waals surface area contributed by atoms with Gasteiger partial charge in [0.15, 0.2) is 5.54 Å². The molecular weight excluding hydrogens is 507 g/mol. The zero-order chi connectivity index (χ0) is 23.8. The minimum Gasteiger partial charge on any atom is -0.431 e. The van der Waals surface area contributed by atoms with Crippen LogP contribution in [0.1, 0.15) is 24.0 Å². The lowest BCUT2D eigenvalue weighted by Gasteiger charge is -2.33. The first-order valence-electron chi connectivity index (χ1n) is 10.0. The molecule has 0 aromatic heterocycles. The van der Waals surface area contributed by atoms with E-state index in [1.807, 2.05) is 0 Å². The number of hydrogen-bond acceptors (Lipinski definition) is 6. The number of amides is 1. The summed E-state index contributed by atoms with van der Waals surface area (Å²) < 4.78 is 50.0. The number of esters is 1. The Hall–Kier alpha value is -2.92. The number of nitrogens with zero attached hydrogens (tertiary/aromatic N) is 2. The lowest BCUT2D eigenvalue weighted by Crippen LogP contribution is -2.55. The van der Waals surface area contributed by atoms with Gasteiger partial charge in [0.25, 0.3) is 5.91 Å². The smallest absolute Gasteiger partial charge is 0.431 e. The van der Waals surface area contributed by atoms with Gasteiger partial charge in [0.1, 0.15) is 6.10 Å². The second-order valence-electron chi connectivity index (χ2n) is 7.58. The van der Waals surface area contributed by atoms with Crippen molar-refractivity contribution in [3.05, 3.63) is 70.2 Å². The molecule has 0 aliphatic carbocycles. The Morgan fingerprint density at radius 3 is 2.52 bits per heavy atom. The van der Waals surface area contributed by atoms with E-state index < -0.39 is 35.9 Å². The fourth-order valence-corrected chi connectivity index (χ4v) is 4.43. The number of carbonyl (C=O) groups excluding carboxylic acids is 2. The first kappa shape index (κ1) is 23.2. The topological polar surface area (TPSA) is 94.2 Å². The fraction of sp³-hybridized carbons (Fsp3) is 0.318. The monoisotopic (exact) mass is 525 g/mol. The van der Waals surface area contributed by atoms with Crippen LogP contribution in [-0.4, -0.2) is 47.9 Å². The minimum absolute atomic E-state index is 0.249. The fourth-order valence-electron chi connectivity index (χ4n) is 4.03. The van der Waals surface area contributed by atoms with Crippen molar-refractivity contribution in [3.8, 4) is 0 Å². The summed E-state index contributed by atoms with van der Waals surface area (Å²) >= 11 is 3.37. The second-order valence-corrected chi connectivity index (χ2v) is 8.49. The van der Waals surface area contributed by atoms with Gasteiger partial charge in [-0.25, -0.2) is 14.7 Å². The Morgan fingerprint density at radius 2 is 1.91 bits per heavy atom. The van der Waals surface area contributed by atoms with Gasteiger partial charge in [-0.15, -0.1) is 0 Å². The number of benzene rings is 2. The van der Waals surface area contributed by atoms with Crippen molar-refractivity contribution in [2.75, 3.05) is 6.61 Å². The van der Waals surface area contributed by atoms with Crippen LogP contribution in [0.15, 0.2) is 64.1 Å². The van der Waals surface area contributed by atoms with Gasteiger partial charge in [-0.1, -0.05) is 58.4 Å². The van der Waals surface area contributed by atoms with E-state index in [4.69, 9.17) is 15.2 Å². The molecule has 33 heavy (non-hydrogen) atoms. The number of guanidine groups is 1. The van der Waals surface area contributed by atoms with Gasteiger partial charge in [-0.2, -0.15) is 13.2 Å². The predicted octanol–water partition coefficient (Wildman–Crippen LogP) is 3.46. The highest BCUT2D eigenvalue weighted by atomic mass is 79.9. The van der Waals surface area contributed by atoms with Gasteiger partial charge in [-0.05, 0) is 36.1 Å². The Morgan fingerprint density at radius 1 is 1.21 bits per heavy atom. The molecule has 11 heteroatoms. The number of hydrogen-bond donors (Lipinski definition) is 1. The van der Waals surface area contributed by atoms with Gasteiger partial charge in [-0.3, -0.25) is 4.79 Å². The molecule has 3 unspecified atom stereocenters. The number of nitrogens with two attached hydrogens (primary N) is 1. The van der Waals surface area contributed by atoms with Crippen LogP contribution in [0.25, 0.3) is 0 Å². The second kappa shape index (κ2) is 8.79. The largest absolute Gasteiger partial charge is 0.491 e. The van der Waals surface area contributed by atoms with Crippen LogP contribution in [0.3, 0.4) is 0 Å². The van der Waals surface area contributed by atoms with Crippen molar-refractivity contribution in [1.82, 2.24) is 4.90 Å². The number of alkyl halides is 3. The Labute approximate surface area is 195 Å². The Bertz CT molecular complexity index is 1090. The molecule has 4 rings (SSSR count). The molecule has 0 radical (unpaired) electrons. The zero-order valence-corrected chi connectivity index (χ0v) is 18.7. The third-order valence-electron chi connectivity index (χ3n) is 5.49. The van der Waals surface area contributed by atoms with E-state index in [1.165, 1.54) is 0 Å². The SMILES string of the molecule is NC1=NC(c2ccccc2)(c2cccc(Br)c2)C(=O)N1C(OC(=O)C(F)(F)F)C1CCCO1. The summed E-state index contributed by atoms with van der Waals surface area (Å²) in [5, 5.41) is 0. The van der Waals surface area contributed by atoms with Crippen molar-refractivity contribution >= 4 is 33.8 Å². The van der Waals surface area contributed by atoms with Gasteiger partial charge in [0.2, 0.25) is 12.2 Å². The summed E-state index contributed by atoms with van der Waals surface area (Å²) in [7, 11) is 0. The standard InChI is InChI=1S/C22H19BrF3N3O4/c23-15-9-4-8-14(12-15)21(13-6-2-1-3-7-13)18(30)29(20(27)28-21)17(16-10-5-11-32-16)33-19(31)22(24,25)26/h1-4,6-9,12,16-17H,5,10-11H2,(H2,27,28). The maximum absolute atomic E-state index is 14.0. The molecule has 1 saturated heterocycles. The predicted molar refractivity (Wildman–Crippen MR) is 115 cm³/mol. The van der Waals surface area contributed by atoms with Crippen molar-refractivity contribution < 1.29 is 32.2 Å². The summed E-state index contributed by atoms with van der Waals surface area (Å²) in [6.07, 6.45) is -7.16. The molecule has 0 saturated carbocycles. The van der Waals surface area contributed by atoms with Crippen molar-refractivity contribution in [2.45, 2.75) is 36.9 Å². The van der Waals surface area contributed by atoms with E-state index in [1.54, 1.807) is 54.6 Å². The van der Waals surface area contributed by atoms with E-state index in [-0.39, 0.29) is 19.0 Å². The molecule has 0 spiro atoms. The average Bonchev–Trinajstić information content (AvgIpc) is 3.39. The van der Waals surface area contributed by atoms with E-state index in [2.05, 4.69) is 20.9 Å². The molecule has 174 valence electrons. The van der Waals surface area contributed by atoms with Gasteiger partial charge in [0, 0.05) is 11.1 Å². The molecule has 1 amide bonds. The lowest BCUT2D eigenvalue weighted by molar-refractivity contribution is -0.217. The number of ether oxygens (including phenoxy) is 2. The third-order valence-corrected chi connectivity index (χ3v) is 5.98. The maximum atomic E-state index is 14.0. The van der Waals surface area contributed by atoms with Gasteiger partial charge >= 0.3 is 12.1 Å². The molecule has 2 aliphatic rings. The summed E-state index contributed by atoms with van der Waals surface area (Å²) in [6, 6.07) is 15.3. The summed E-state index contributed by atoms with van der Waals surface area (Å²) in [6.45, 7) is 0.249. The summed E-state index contributed by atoms with van der Waals surface area (Å²) in [5.74, 6) is -3.57. The number of rotatable bonds is 5. The molecule has 3 atom stereocenters. The van der Waals surface area contributed by atoms with Crippen LogP contribution < -0.4 is 5.73 Å². The number of halogens is 4. The van der Waals surface area contributed by atoms with E-state index in [9.17, 15) is 22.8 Å². The molecule has 2 N–H and O–H groups in total. The van der Waals surface area contributed by atoms with Crippen LogP contribution in [0, 0.1) is 0 Å². The van der Waals surface area contributed by atoms with Gasteiger partial charge in [0.05, 0.1) is 0 Å². The highest BCUT2D eigenvalue weighted by Gasteiger charge is 2.56. The summed E-state index contributed by atoms with van der Waals surface area (Å²) in [5.41, 5.74) is 5.33. The van der Waals surface area contributed by atoms with Crippen molar-refractivity contribution in [1.29, 1.82) is 0 Å². The lowest BCUT2D eigenvalue weighted by atomic mass is 9.83. The molecule has 1 fully saturated rings. The van der Waals surface area contributed by atoms with Gasteiger partial charge < -0.3 is 15.2 Å². The molecule has 2 aromatic rings. The first-order valence-corrected chi connectivity index (χ1v) is 10.8. The highest BCUT2D eigenvalue weighted by Crippen LogP contribution is 2.42. The Kier molecular flexibility index (Phi) is 6.19. The number of aliphatic imine (C=N–C) groups is 1. The van der Waals surface area contributed by atoms with Crippen molar-refractivity contribution in [2.24, 2.45) is 10.7 Å². The van der Waals surface area contributed by atoms with Crippen LogP contribution in [0.5, 0.6) is 0 Å². The van der Waals surface area contributed by atoms with E-state index in [0.29, 0.717) is 22.0 Å². The molecule has 0 bridgehead atoms. The van der Waals surface area contributed by atoms with Crippen LogP contribution in [0.2, 0.25) is 0 Å². The third kappa shape index (κ3) is 4.22. The van der Waals surface area contributed by atoms with E-state index >= 15 is 0 Å². The zero-order valence-electron chi connectivity index (χ0n) is 17.1. The van der Waals surface area contributed by atoms with E-state index in [0.717, 1.165) is 4.90 Å². The van der Waals surface area contributed by atoms with Crippen LogP contribution >= 0.6 is 15.9 Å². The minimum atomic E-state index is -5.26. The molecule has 2 aliphatic heterocycles. The van der Waals surface area contributed by atoms with Crippen LogP contribution in [0.4, 0.5) is 13.2 Å². The molecule has 7 nitrogen and oxygen atoms in total. The summed E-state index contributed by atoms with van der Waals surface area (Å²) in [4.78, 5) is 30.9. The van der Waals surface area contributed by atoms with Crippen molar-refractivity contribution in [3.63, 3.8) is 0 Å². The maximum Gasteiger partial charge on any atom is 0.491 e.